The zero-order valence-electron chi connectivity index (χ0n) is 12.2. The van der Waals surface area contributed by atoms with Crippen LogP contribution in [0.3, 0.4) is 0 Å². The lowest BCUT2D eigenvalue weighted by Crippen LogP contribution is -2.54. The molecule has 1 heterocycles. The van der Waals surface area contributed by atoms with Gasteiger partial charge in [-0.05, 0) is 13.8 Å². The first-order chi connectivity index (χ1) is 10.5. The Morgan fingerprint density at radius 3 is 2.59 bits per heavy atom. The van der Waals surface area contributed by atoms with Gasteiger partial charge in [-0.1, -0.05) is 30.3 Å². The quantitative estimate of drug-likeness (QED) is 0.660. The van der Waals surface area contributed by atoms with E-state index in [1.807, 2.05) is 18.2 Å². The Bertz CT molecular complexity index is 612. The maximum Gasteiger partial charge on any atom is 0.398 e. The zero-order chi connectivity index (χ0) is 16.1. The summed E-state index contributed by atoms with van der Waals surface area (Å²) in [4.78, 5) is 35.0. The first-order valence-electron chi connectivity index (χ1n) is 6.77. The number of hydrogen-bond acceptors (Lipinski definition) is 5. The molecule has 0 bridgehead atoms. The summed E-state index contributed by atoms with van der Waals surface area (Å²) in [6.45, 7) is 3.24. The summed E-state index contributed by atoms with van der Waals surface area (Å²) in [5.41, 5.74) is 2.92. The number of hydrazine groups is 1. The Morgan fingerprint density at radius 1 is 1.32 bits per heavy atom. The maximum atomic E-state index is 12.1. The molecule has 1 aliphatic rings. The van der Waals surface area contributed by atoms with E-state index >= 15 is 0 Å². The van der Waals surface area contributed by atoms with Crippen LogP contribution >= 0.6 is 0 Å². The Kier molecular flexibility index (Phi) is 4.77. The summed E-state index contributed by atoms with van der Waals surface area (Å²) in [7, 11) is 0. The van der Waals surface area contributed by atoms with Crippen molar-refractivity contribution < 1.29 is 23.9 Å². The normalized spacial score (nSPS) is 17.4. The van der Waals surface area contributed by atoms with E-state index < -0.39 is 24.0 Å². The van der Waals surface area contributed by atoms with Crippen molar-refractivity contribution in [1.82, 2.24) is 10.4 Å². The molecule has 1 atom stereocenters. The molecule has 7 heteroatoms. The van der Waals surface area contributed by atoms with E-state index in [1.165, 1.54) is 6.08 Å². The molecular formula is C15H16N2O5. The van der Waals surface area contributed by atoms with Crippen LogP contribution in [0.25, 0.3) is 5.76 Å². The minimum absolute atomic E-state index is 0.0737. The van der Waals surface area contributed by atoms with Gasteiger partial charge in [0.1, 0.15) is 5.76 Å². The Balaban J connectivity index is 2.11. The van der Waals surface area contributed by atoms with Crippen molar-refractivity contribution in [3.63, 3.8) is 0 Å². The molecule has 1 aromatic rings. The minimum atomic E-state index is -1.06. The van der Waals surface area contributed by atoms with Crippen molar-refractivity contribution in [2.75, 3.05) is 6.61 Å². The third-order valence-corrected chi connectivity index (χ3v) is 2.89. The lowest BCUT2D eigenvalue weighted by Gasteiger charge is -2.32. The van der Waals surface area contributed by atoms with Gasteiger partial charge in [-0.25, -0.2) is 9.80 Å². The van der Waals surface area contributed by atoms with Crippen molar-refractivity contribution in [3.05, 3.63) is 42.0 Å². The maximum absolute atomic E-state index is 12.1. The fourth-order valence-corrected chi connectivity index (χ4v) is 1.88. The molecule has 1 aromatic carbocycles. The van der Waals surface area contributed by atoms with E-state index in [1.54, 1.807) is 26.0 Å². The molecule has 0 fully saturated rings. The number of esters is 1. The van der Waals surface area contributed by atoms with Crippen molar-refractivity contribution >= 4 is 23.5 Å². The Hall–Kier alpha value is -2.83. The van der Waals surface area contributed by atoms with E-state index in [0.29, 0.717) is 5.76 Å². The summed E-state index contributed by atoms with van der Waals surface area (Å²) >= 11 is 0. The second-order valence-electron chi connectivity index (χ2n) is 4.46. The number of benzene rings is 1. The number of carbonyl (C=O) groups is 3. The zero-order valence-corrected chi connectivity index (χ0v) is 12.2. The van der Waals surface area contributed by atoms with Gasteiger partial charge in [-0.2, -0.15) is 0 Å². The van der Waals surface area contributed by atoms with Crippen LogP contribution in [0.1, 0.15) is 19.4 Å². The molecule has 0 saturated heterocycles. The second-order valence-corrected chi connectivity index (χ2v) is 4.46. The number of amides is 2. The molecule has 1 aliphatic heterocycles. The van der Waals surface area contributed by atoms with Gasteiger partial charge >= 0.3 is 11.9 Å². The molecule has 0 saturated carbocycles. The molecular weight excluding hydrogens is 288 g/mol. The van der Waals surface area contributed by atoms with Crippen molar-refractivity contribution in [3.8, 4) is 0 Å². The number of rotatable bonds is 3. The third kappa shape index (κ3) is 3.43. The molecule has 22 heavy (non-hydrogen) atoms. The highest BCUT2D eigenvalue weighted by molar-refractivity contribution is 6.32. The highest BCUT2D eigenvalue weighted by atomic mass is 16.5. The van der Waals surface area contributed by atoms with Crippen LogP contribution in [-0.4, -0.2) is 35.6 Å². The minimum Gasteiger partial charge on any atom is -0.468 e. The SMILES string of the molecule is CCOC(=O)C(=O)NN1C(=O)C=C(c2ccccc2)OC1C. The van der Waals surface area contributed by atoms with Gasteiger partial charge in [0.15, 0.2) is 6.23 Å². The van der Waals surface area contributed by atoms with Crippen molar-refractivity contribution in [2.24, 2.45) is 0 Å². The summed E-state index contributed by atoms with van der Waals surface area (Å²) in [6, 6.07) is 9.11. The summed E-state index contributed by atoms with van der Waals surface area (Å²) in [5.74, 6) is -2.17. The van der Waals surface area contributed by atoms with E-state index in [-0.39, 0.29) is 6.61 Å². The monoisotopic (exact) mass is 304 g/mol. The Morgan fingerprint density at radius 2 is 2.00 bits per heavy atom. The third-order valence-electron chi connectivity index (χ3n) is 2.89. The first kappa shape index (κ1) is 15.6. The topological polar surface area (TPSA) is 84.9 Å². The van der Waals surface area contributed by atoms with Crippen LogP contribution in [0.2, 0.25) is 0 Å². The molecule has 116 valence electrons. The molecule has 1 N–H and O–H groups in total. The number of hydrogen-bond donors (Lipinski definition) is 1. The standard InChI is InChI=1S/C15H16N2O5/c1-3-21-15(20)14(19)16-17-10(2)22-12(9-13(17)18)11-7-5-4-6-8-11/h4-10H,3H2,1-2H3,(H,16,19). The smallest absolute Gasteiger partial charge is 0.398 e. The molecule has 1 unspecified atom stereocenters. The number of ether oxygens (including phenoxy) is 2. The fraction of sp³-hybridized carbons (Fsp3) is 0.267. The fourth-order valence-electron chi connectivity index (χ4n) is 1.88. The highest BCUT2D eigenvalue weighted by Gasteiger charge is 2.30. The van der Waals surface area contributed by atoms with Gasteiger partial charge < -0.3 is 9.47 Å². The average molecular weight is 304 g/mol. The van der Waals surface area contributed by atoms with Crippen LogP contribution in [0, 0.1) is 0 Å². The molecule has 0 radical (unpaired) electrons. The van der Waals surface area contributed by atoms with Crippen molar-refractivity contribution in [2.45, 2.75) is 20.1 Å². The molecule has 2 rings (SSSR count). The van der Waals surface area contributed by atoms with Gasteiger partial charge in [0, 0.05) is 11.6 Å². The van der Waals surface area contributed by atoms with E-state index in [9.17, 15) is 14.4 Å². The molecule has 0 aromatic heterocycles. The number of nitrogens with one attached hydrogen (secondary N) is 1. The Labute approximate surface area is 127 Å². The molecule has 0 aliphatic carbocycles. The molecule has 2 amide bonds. The summed E-state index contributed by atoms with van der Waals surface area (Å²) in [6.07, 6.45) is 0.493. The first-order valence-corrected chi connectivity index (χ1v) is 6.77. The van der Waals surface area contributed by atoms with Crippen LogP contribution in [0.4, 0.5) is 0 Å². The van der Waals surface area contributed by atoms with Gasteiger partial charge in [0.25, 0.3) is 5.91 Å². The van der Waals surface area contributed by atoms with Crippen LogP contribution in [0.15, 0.2) is 36.4 Å². The molecule has 7 nitrogen and oxygen atoms in total. The summed E-state index contributed by atoms with van der Waals surface area (Å²) < 4.78 is 10.2. The van der Waals surface area contributed by atoms with Gasteiger partial charge in [0.2, 0.25) is 0 Å². The number of nitrogens with zero attached hydrogens (tertiary/aromatic N) is 1. The van der Waals surface area contributed by atoms with Crippen LogP contribution < -0.4 is 5.43 Å². The lowest BCUT2D eigenvalue weighted by atomic mass is 10.1. The van der Waals surface area contributed by atoms with Crippen LogP contribution in [0.5, 0.6) is 0 Å². The van der Waals surface area contributed by atoms with Gasteiger partial charge in [-0.3, -0.25) is 15.0 Å². The van der Waals surface area contributed by atoms with E-state index in [2.05, 4.69) is 10.2 Å². The largest absolute Gasteiger partial charge is 0.468 e. The lowest BCUT2D eigenvalue weighted by molar-refractivity contribution is -0.162. The van der Waals surface area contributed by atoms with Gasteiger partial charge in [-0.15, -0.1) is 0 Å². The molecule has 0 spiro atoms. The average Bonchev–Trinajstić information content (AvgIpc) is 2.51. The van der Waals surface area contributed by atoms with E-state index in [0.717, 1.165) is 10.6 Å². The number of carbonyl (C=O) groups excluding carboxylic acids is 3. The summed E-state index contributed by atoms with van der Waals surface area (Å²) in [5, 5.41) is 0.936. The predicted octanol–water partition coefficient (Wildman–Crippen LogP) is 0.827. The van der Waals surface area contributed by atoms with Crippen molar-refractivity contribution in [1.29, 1.82) is 0 Å². The predicted molar refractivity (Wildman–Crippen MR) is 76.6 cm³/mol. The van der Waals surface area contributed by atoms with Gasteiger partial charge in [0.05, 0.1) is 6.61 Å². The highest BCUT2D eigenvalue weighted by Crippen LogP contribution is 2.22. The van der Waals surface area contributed by atoms with E-state index in [4.69, 9.17) is 4.74 Å². The van der Waals surface area contributed by atoms with Crippen LogP contribution in [-0.2, 0) is 23.9 Å². The second kappa shape index (κ2) is 6.75.